The zero-order valence-corrected chi connectivity index (χ0v) is 12.3. The van der Waals surface area contributed by atoms with E-state index in [2.05, 4.69) is 35.9 Å². The topological polar surface area (TPSA) is 67.9 Å². The summed E-state index contributed by atoms with van der Waals surface area (Å²) in [5.41, 5.74) is 8.25. The van der Waals surface area contributed by atoms with Gasteiger partial charge in [-0.15, -0.1) is 5.10 Å². The van der Waals surface area contributed by atoms with Gasteiger partial charge in [0.1, 0.15) is 0 Å². The molecule has 0 bridgehead atoms. The normalized spacial score (nSPS) is 23.7. The van der Waals surface area contributed by atoms with Crippen LogP contribution in [0.15, 0.2) is 0 Å². The van der Waals surface area contributed by atoms with E-state index in [1.54, 1.807) is 0 Å². The molecule has 19 heavy (non-hydrogen) atoms. The first-order chi connectivity index (χ1) is 9.19. The van der Waals surface area contributed by atoms with Gasteiger partial charge in [-0.2, -0.15) is 5.10 Å². The highest BCUT2D eigenvalue weighted by Gasteiger charge is 2.27. The molecule has 1 fully saturated rings. The van der Waals surface area contributed by atoms with Gasteiger partial charge < -0.3 is 10.6 Å². The van der Waals surface area contributed by atoms with Gasteiger partial charge in [0.05, 0.1) is 11.4 Å². The van der Waals surface area contributed by atoms with Crippen molar-refractivity contribution in [2.24, 2.45) is 11.7 Å². The molecule has 106 valence electrons. The van der Waals surface area contributed by atoms with Crippen LogP contribution in [0.5, 0.6) is 0 Å². The fraction of sp³-hybridized carbons (Fsp3) is 0.786. The molecule has 1 aromatic rings. The van der Waals surface area contributed by atoms with Gasteiger partial charge in [0, 0.05) is 19.1 Å². The lowest BCUT2D eigenvalue weighted by Gasteiger charge is -2.36. The molecule has 2 rings (SSSR count). The Hall–Kier alpha value is -1.23. The number of hydrogen-bond donors (Lipinski definition) is 1. The Morgan fingerprint density at radius 2 is 1.89 bits per heavy atom. The maximum absolute atomic E-state index is 6.15. The minimum atomic E-state index is 0.315. The smallest absolute Gasteiger partial charge is 0.245 e. The zero-order chi connectivity index (χ0) is 13.8. The van der Waals surface area contributed by atoms with Gasteiger partial charge in [-0.25, -0.2) is 4.98 Å². The number of aromatic nitrogens is 3. The lowest BCUT2D eigenvalue weighted by atomic mass is 9.91. The fourth-order valence-corrected chi connectivity index (χ4v) is 2.73. The summed E-state index contributed by atoms with van der Waals surface area (Å²) in [6, 6.07) is 0.315. The first kappa shape index (κ1) is 14.2. The van der Waals surface area contributed by atoms with E-state index in [0.717, 1.165) is 56.1 Å². The summed E-state index contributed by atoms with van der Waals surface area (Å²) in [6.45, 7) is 8.30. The van der Waals surface area contributed by atoms with Crippen LogP contribution in [0, 0.1) is 5.92 Å². The number of rotatable bonds is 4. The molecule has 0 radical (unpaired) electrons. The molecule has 5 nitrogen and oxygen atoms in total. The molecule has 0 amide bonds. The highest BCUT2D eigenvalue weighted by molar-refractivity contribution is 5.31. The highest BCUT2D eigenvalue weighted by atomic mass is 15.3. The Bertz CT molecular complexity index is 420. The highest BCUT2D eigenvalue weighted by Crippen LogP contribution is 2.22. The second-order valence-corrected chi connectivity index (χ2v) is 5.28. The van der Waals surface area contributed by atoms with Crippen molar-refractivity contribution >= 4 is 5.95 Å². The quantitative estimate of drug-likeness (QED) is 0.893. The summed E-state index contributed by atoms with van der Waals surface area (Å²) in [5.74, 6) is 1.31. The van der Waals surface area contributed by atoms with Gasteiger partial charge in [-0.05, 0) is 25.2 Å². The van der Waals surface area contributed by atoms with Crippen molar-refractivity contribution in [3.8, 4) is 0 Å². The summed E-state index contributed by atoms with van der Waals surface area (Å²) in [6.07, 6.45) is 3.93. The third-order valence-electron chi connectivity index (χ3n) is 4.10. The lowest BCUT2D eigenvalue weighted by molar-refractivity contribution is 0.344. The van der Waals surface area contributed by atoms with Gasteiger partial charge in [-0.3, -0.25) is 0 Å². The zero-order valence-electron chi connectivity index (χ0n) is 12.3. The monoisotopic (exact) mass is 263 g/mol. The molecule has 0 aromatic carbocycles. The van der Waals surface area contributed by atoms with Crippen molar-refractivity contribution in [2.45, 2.75) is 52.5 Å². The van der Waals surface area contributed by atoms with Crippen LogP contribution in [0.25, 0.3) is 0 Å². The minimum Gasteiger partial charge on any atom is -0.339 e. The first-order valence-electron chi connectivity index (χ1n) is 7.42. The first-order valence-corrected chi connectivity index (χ1v) is 7.42. The van der Waals surface area contributed by atoms with Crippen LogP contribution in [-0.2, 0) is 12.8 Å². The summed E-state index contributed by atoms with van der Waals surface area (Å²) < 4.78 is 0. The van der Waals surface area contributed by atoms with Crippen molar-refractivity contribution in [3.05, 3.63) is 11.4 Å². The Morgan fingerprint density at radius 1 is 1.16 bits per heavy atom. The molecule has 0 spiro atoms. The number of nitrogens with two attached hydrogens (primary N) is 1. The maximum Gasteiger partial charge on any atom is 0.245 e. The van der Waals surface area contributed by atoms with E-state index in [0.29, 0.717) is 12.0 Å². The van der Waals surface area contributed by atoms with E-state index in [4.69, 9.17) is 10.7 Å². The van der Waals surface area contributed by atoms with E-state index in [-0.39, 0.29) is 0 Å². The summed E-state index contributed by atoms with van der Waals surface area (Å²) in [4.78, 5) is 6.93. The molecule has 1 saturated heterocycles. The number of aryl methyl sites for hydroxylation is 2. The van der Waals surface area contributed by atoms with E-state index in [1.807, 2.05) is 0 Å². The second kappa shape index (κ2) is 6.28. The van der Waals surface area contributed by atoms with Gasteiger partial charge in [0.15, 0.2) is 0 Å². The van der Waals surface area contributed by atoms with E-state index >= 15 is 0 Å². The average molecular weight is 263 g/mol. The number of piperidine rings is 1. The second-order valence-electron chi connectivity index (χ2n) is 5.28. The Balaban J connectivity index is 2.17. The van der Waals surface area contributed by atoms with Crippen LogP contribution in [0.3, 0.4) is 0 Å². The molecular weight excluding hydrogens is 238 g/mol. The molecule has 1 aliphatic heterocycles. The average Bonchev–Trinajstić information content (AvgIpc) is 2.47. The van der Waals surface area contributed by atoms with Crippen molar-refractivity contribution in [3.63, 3.8) is 0 Å². The van der Waals surface area contributed by atoms with Crippen LogP contribution in [0.1, 0.15) is 45.0 Å². The SMILES string of the molecule is CCc1nnc(N2CCC(N)C(CC)C2)nc1CC. The van der Waals surface area contributed by atoms with Crippen LogP contribution < -0.4 is 10.6 Å². The van der Waals surface area contributed by atoms with Gasteiger partial charge >= 0.3 is 0 Å². The Labute approximate surface area is 115 Å². The van der Waals surface area contributed by atoms with Gasteiger partial charge in [-0.1, -0.05) is 27.2 Å². The van der Waals surface area contributed by atoms with Crippen LogP contribution in [0.4, 0.5) is 5.95 Å². The van der Waals surface area contributed by atoms with E-state index in [9.17, 15) is 0 Å². The van der Waals surface area contributed by atoms with Crippen LogP contribution in [0.2, 0.25) is 0 Å². The number of anilines is 1. The number of hydrogen-bond acceptors (Lipinski definition) is 5. The van der Waals surface area contributed by atoms with Crippen molar-refractivity contribution in [1.82, 2.24) is 15.2 Å². The standard InChI is InChI=1S/C14H25N5/c1-4-10-9-19(8-7-11(10)15)14-16-12(5-2)13(6-3)17-18-14/h10-11H,4-9,15H2,1-3H3. The molecule has 2 unspecified atom stereocenters. The number of nitrogens with zero attached hydrogens (tertiary/aromatic N) is 4. The Kier molecular flexibility index (Phi) is 4.69. The molecule has 2 N–H and O–H groups in total. The van der Waals surface area contributed by atoms with Crippen LogP contribution >= 0.6 is 0 Å². The molecule has 1 aliphatic rings. The van der Waals surface area contributed by atoms with Crippen LogP contribution in [-0.4, -0.2) is 34.3 Å². The molecule has 2 atom stereocenters. The summed E-state index contributed by atoms with van der Waals surface area (Å²) in [5, 5.41) is 8.63. The van der Waals surface area contributed by atoms with Crippen molar-refractivity contribution in [2.75, 3.05) is 18.0 Å². The predicted octanol–water partition coefficient (Wildman–Crippen LogP) is 1.56. The predicted molar refractivity (Wildman–Crippen MR) is 77.2 cm³/mol. The van der Waals surface area contributed by atoms with Gasteiger partial charge in [0.25, 0.3) is 0 Å². The van der Waals surface area contributed by atoms with Crippen molar-refractivity contribution < 1.29 is 0 Å². The molecule has 5 heteroatoms. The lowest BCUT2D eigenvalue weighted by Crippen LogP contribution is -2.47. The molecule has 1 aromatic heterocycles. The largest absolute Gasteiger partial charge is 0.339 e. The Morgan fingerprint density at radius 3 is 2.53 bits per heavy atom. The van der Waals surface area contributed by atoms with Crippen molar-refractivity contribution in [1.29, 1.82) is 0 Å². The molecular formula is C14H25N5. The molecule has 0 aliphatic carbocycles. The summed E-state index contributed by atoms with van der Waals surface area (Å²) in [7, 11) is 0. The van der Waals surface area contributed by atoms with E-state index < -0.39 is 0 Å². The minimum absolute atomic E-state index is 0.315. The third kappa shape index (κ3) is 3.03. The molecule has 0 saturated carbocycles. The summed E-state index contributed by atoms with van der Waals surface area (Å²) >= 11 is 0. The maximum atomic E-state index is 6.15. The van der Waals surface area contributed by atoms with E-state index in [1.165, 1.54) is 0 Å². The van der Waals surface area contributed by atoms with Gasteiger partial charge in [0.2, 0.25) is 5.95 Å². The third-order valence-corrected chi connectivity index (χ3v) is 4.10. The fourth-order valence-electron chi connectivity index (χ4n) is 2.73. The molecule has 2 heterocycles.